The Balaban J connectivity index is 3.17. The third-order valence-corrected chi connectivity index (χ3v) is 3.40. The number of thioether (sulfide) groups is 1. The molecule has 0 aliphatic heterocycles. The van der Waals surface area contributed by atoms with E-state index in [1.807, 2.05) is 0 Å². The molecule has 0 saturated heterocycles. The van der Waals surface area contributed by atoms with E-state index in [1.54, 1.807) is 18.4 Å². The van der Waals surface area contributed by atoms with Crippen molar-refractivity contribution in [3.8, 4) is 0 Å². The molecule has 0 saturated carbocycles. The first-order valence-corrected chi connectivity index (χ1v) is 6.95. The Morgan fingerprint density at radius 1 is 1.44 bits per heavy atom. The molecule has 1 aromatic carbocycles. The van der Waals surface area contributed by atoms with Gasteiger partial charge < -0.3 is 10.2 Å². The van der Waals surface area contributed by atoms with Gasteiger partial charge in [-0.2, -0.15) is 0 Å². The van der Waals surface area contributed by atoms with Gasteiger partial charge in [-0.1, -0.05) is 6.07 Å². The molecule has 0 amide bonds. The van der Waals surface area contributed by atoms with Crippen molar-refractivity contribution >= 4 is 35.1 Å². The van der Waals surface area contributed by atoms with Crippen LogP contribution in [0.5, 0.6) is 0 Å². The minimum atomic E-state index is -1.63. The van der Waals surface area contributed by atoms with E-state index in [0.717, 1.165) is 0 Å². The highest BCUT2D eigenvalue weighted by atomic mass is 35.5. The van der Waals surface area contributed by atoms with E-state index in [-0.39, 0.29) is 23.6 Å². The van der Waals surface area contributed by atoms with E-state index < -0.39 is 12.1 Å². The quantitative estimate of drug-likeness (QED) is 0.477. The molecule has 1 atom stereocenters. The Labute approximate surface area is 114 Å². The third-order valence-electron chi connectivity index (χ3n) is 2.40. The third kappa shape index (κ3) is 3.48. The number of Topliss-reactive ketones (excluding diaryl/α,β-unsaturated/α-hetero) is 1. The van der Waals surface area contributed by atoms with E-state index >= 15 is 0 Å². The summed E-state index contributed by atoms with van der Waals surface area (Å²) in [4.78, 5) is 23.1. The van der Waals surface area contributed by atoms with Crippen LogP contribution in [-0.4, -0.2) is 34.1 Å². The van der Waals surface area contributed by atoms with Crippen LogP contribution < -0.4 is 0 Å². The Morgan fingerprint density at radius 2 is 2.11 bits per heavy atom. The summed E-state index contributed by atoms with van der Waals surface area (Å²) >= 11 is 6.80. The molecule has 0 heterocycles. The van der Waals surface area contributed by atoms with Gasteiger partial charge in [0.15, 0.2) is 11.9 Å². The summed E-state index contributed by atoms with van der Waals surface area (Å²) in [6.07, 6.45) is 0.326. The number of carbonyl (C=O) groups excluding carboxylic acids is 1. The van der Waals surface area contributed by atoms with Crippen LogP contribution in [0.3, 0.4) is 0 Å². The number of benzene rings is 1. The van der Waals surface area contributed by atoms with Crippen molar-refractivity contribution in [2.24, 2.45) is 0 Å². The van der Waals surface area contributed by atoms with Crippen LogP contribution >= 0.6 is 23.4 Å². The largest absolute Gasteiger partial charge is 0.479 e. The number of rotatable bonds is 6. The number of carboxylic acids is 1. The van der Waals surface area contributed by atoms with Crippen LogP contribution in [0, 0.1) is 0 Å². The normalized spacial score (nSPS) is 12.2. The summed E-state index contributed by atoms with van der Waals surface area (Å²) in [6.45, 7) is 0. The summed E-state index contributed by atoms with van der Waals surface area (Å²) in [7, 11) is 0. The van der Waals surface area contributed by atoms with Gasteiger partial charge in [0, 0.05) is 28.3 Å². The maximum atomic E-state index is 11.7. The zero-order valence-corrected chi connectivity index (χ0v) is 11.3. The maximum absolute atomic E-state index is 11.7. The molecule has 6 heteroatoms. The highest BCUT2D eigenvalue weighted by molar-refractivity contribution is 7.98. The van der Waals surface area contributed by atoms with Gasteiger partial charge in [0.25, 0.3) is 0 Å². The maximum Gasteiger partial charge on any atom is 0.337 e. The van der Waals surface area contributed by atoms with E-state index in [4.69, 9.17) is 16.7 Å². The number of carboxylic acid groups (broad SMARTS) is 1. The molecule has 0 radical (unpaired) electrons. The summed E-state index contributed by atoms with van der Waals surface area (Å²) in [5, 5.41) is 18.4. The fourth-order valence-corrected chi connectivity index (χ4v) is 2.27. The number of halogens is 1. The van der Waals surface area contributed by atoms with Crippen LogP contribution in [0.25, 0.3) is 0 Å². The SMILES string of the molecule is CSc1ccc(C(=O)CCCl)cc1C(O)C(=O)O. The number of ketones is 1. The number of aliphatic carboxylic acids is 1. The molecule has 4 nitrogen and oxygen atoms in total. The Hall–Kier alpha value is -1.04. The Bertz CT molecular complexity index is 461. The first-order chi connectivity index (χ1) is 8.51. The Morgan fingerprint density at radius 3 is 2.61 bits per heavy atom. The molecule has 98 valence electrons. The summed E-state index contributed by atoms with van der Waals surface area (Å²) in [5.74, 6) is -1.30. The number of alkyl halides is 1. The van der Waals surface area contributed by atoms with E-state index in [9.17, 15) is 14.7 Å². The number of hydrogen-bond donors (Lipinski definition) is 2. The van der Waals surface area contributed by atoms with Gasteiger partial charge in [0.1, 0.15) is 0 Å². The fraction of sp³-hybridized carbons (Fsp3) is 0.333. The van der Waals surface area contributed by atoms with Crippen molar-refractivity contribution < 1.29 is 19.8 Å². The number of aliphatic hydroxyl groups excluding tert-OH is 1. The molecule has 1 rings (SSSR count). The van der Waals surface area contributed by atoms with Gasteiger partial charge in [-0.15, -0.1) is 23.4 Å². The average Bonchev–Trinajstić information content (AvgIpc) is 2.37. The minimum Gasteiger partial charge on any atom is -0.479 e. The lowest BCUT2D eigenvalue weighted by atomic mass is 10.0. The fourth-order valence-electron chi connectivity index (χ4n) is 1.48. The average molecular weight is 289 g/mol. The molecule has 1 unspecified atom stereocenters. The second-order valence-electron chi connectivity index (χ2n) is 3.56. The lowest BCUT2D eigenvalue weighted by Crippen LogP contribution is -2.12. The van der Waals surface area contributed by atoms with Crippen LogP contribution in [0.2, 0.25) is 0 Å². The highest BCUT2D eigenvalue weighted by Crippen LogP contribution is 2.27. The molecule has 0 fully saturated rings. The first-order valence-electron chi connectivity index (χ1n) is 5.19. The van der Waals surface area contributed by atoms with Gasteiger partial charge in [-0.05, 0) is 18.4 Å². The smallest absolute Gasteiger partial charge is 0.337 e. The molecule has 0 aromatic heterocycles. The topological polar surface area (TPSA) is 74.6 Å². The zero-order valence-electron chi connectivity index (χ0n) is 9.72. The predicted molar refractivity (Wildman–Crippen MR) is 70.5 cm³/mol. The minimum absolute atomic E-state index is 0.170. The van der Waals surface area contributed by atoms with Gasteiger partial charge in [0.2, 0.25) is 0 Å². The predicted octanol–water partition coefficient (Wildman–Crippen LogP) is 2.34. The van der Waals surface area contributed by atoms with Gasteiger partial charge in [0.05, 0.1) is 0 Å². The van der Waals surface area contributed by atoms with Crippen LogP contribution in [0.1, 0.15) is 28.4 Å². The van der Waals surface area contributed by atoms with Crippen molar-refractivity contribution in [2.45, 2.75) is 17.4 Å². The second-order valence-corrected chi connectivity index (χ2v) is 4.79. The van der Waals surface area contributed by atoms with E-state index in [1.165, 1.54) is 17.8 Å². The van der Waals surface area contributed by atoms with Crippen molar-refractivity contribution in [2.75, 3.05) is 12.1 Å². The first kappa shape index (κ1) is 15.0. The second kappa shape index (κ2) is 6.78. The molecular weight excluding hydrogens is 276 g/mol. The van der Waals surface area contributed by atoms with Gasteiger partial charge in [-0.25, -0.2) is 4.79 Å². The number of carbonyl (C=O) groups is 2. The molecule has 0 aliphatic carbocycles. The molecular formula is C12H13ClO4S. The van der Waals surface area contributed by atoms with Crippen LogP contribution in [-0.2, 0) is 4.79 Å². The van der Waals surface area contributed by atoms with Crippen molar-refractivity contribution in [1.29, 1.82) is 0 Å². The van der Waals surface area contributed by atoms with Gasteiger partial charge in [-0.3, -0.25) is 4.79 Å². The van der Waals surface area contributed by atoms with Crippen LogP contribution in [0.4, 0.5) is 0 Å². The molecule has 18 heavy (non-hydrogen) atoms. The lowest BCUT2D eigenvalue weighted by molar-refractivity contribution is -0.147. The van der Waals surface area contributed by atoms with Crippen molar-refractivity contribution in [3.63, 3.8) is 0 Å². The molecule has 0 bridgehead atoms. The molecule has 0 aliphatic rings. The summed E-state index contributed by atoms with van der Waals surface area (Å²) in [5.41, 5.74) is 0.596. The van der Waals surface area contributed by atoms with Crippen molar-refractivity contribution in [3.05, 3.63) is 29.3 Å². The summed E-state index contributed by atoms with van der Waals surface area (Å²) < 4.78 is 0. The van der Waals surface area contributed by atoms with Crippen LogP contribution in [0.15, 0.2) is 23.1 Å². The van der Waals surface area contributed by atoms with Crippen molar-refractivity contribution in [1.82, 2.24) is 0 Å². The van der Waals surface area contributed by atoms with Gasteiger partial charge >= 0.3 is 5.97 Å². The number of hydrogen-bond acceptors (Lipinski definition) is 4. The zero-order chi connectivity index (χ0) is 13.7. The van der Waals surface area contributed by atoms with E-state index in [2.05, 4.69) is 0 Å². The summed E-state index contributed by atoms with van der Waals surface area (Å²) in [6, 6.07) is 4.66. The monoisotopic (exact) mass is 288 g/mol. The number of aliphatic hydroxyl groups is 1. The molecule has 1 aromatic rings. The molecule has 2 N–H and O–H groups in total. The standard InChI is InChI=1S/C12H13ClO4S/c1-18-10-3-2-7(9(14)4-5-13)6-8(10)11(15)12(16)17/h2-3,6,11,15H,4-5H2,1H3,(H,16,17). The van der Waals surface area contributed by atoms with E-state index in [0.29, 0.717) is 10.5 Å². The highest BCUT2D eigenvalue weighted by Gasteiger charge is 2.20. The lowest BCUT2D eigenvalue weighted by Gasteiger charge is -2.12. The Kier molecular flexibility index (Phi) is 5.65. The molecule has 0 spiro atoms.